The van der Waals surface area contributed by atoms with Crippen LogP contribution in [0.1, 0.15) is 46.9 Å². The number of aromatic nitrogens is 2. The molecule has 0 saturated carbocycles. The number of piperidine rings is 1. The number of amides is 1. The summed E-state index contributed by atoms with van der Waals surface area (Å²) >= 11 is 5.82. The van der Waals surface area contributed by atoms with Gasteiger partial charge in [-0.2, -0.15) is 13.2 Å². The Hall–Kier alpha value is -3.37. The maximum atomic E-state index is 13.8. The van der Waals surface area contributed by atoms with Crippen LogP contribution < -0.4 is 15.4 Å². The van der Waals surface area contributed by atoms with Crippen molar-refractivity contribution in [3.8, 4) is 5.75 Å². The van der Waals surface area contributed by atoms with Gasteiger partial charge in [0.2, 0.25) is 5.95 Å². The van der Waals surface area contributed by atoms with Crippen LogP contribution in [0.25, 0.3) is 0 Å². The molecule has 11 heteroatoms. The number of alkyl halides is 3. The van der Waals surface area contributed by atoms with E-state index in [-0.39, 0.29) is 12.0 Å². The van der Waals surface area contributed by atoms with Gasteiger partial charge in [0.05, 0.1) is 12.2 Å². The second kappa shape index (κ2) is 12.0. The summed E-state index contributed by atoms with van der Waals surface area (Å²) in [6.45, 7) is 6.87. The maximum absolute atomic E-state index is 13.8. The summed E-state index contributed by atoms with van der Waals surface area (Å²) in [5.74, 6) is -0.230. The molecule has 0 aliphatic carbocycles. The molecule has 1 aromatic heterocycles. The highest BCUT2D eigenvalue weighted by Crippen LogP contribution is 2.32. The van der Waals surface area contributed by atoms with Gasteiger partial charge in [-0.25, -0.2) is 9.97 Å². The molecule has 1 aliphatic rings. The first-order chi connectivity index (χ1) is 18.1. The van der Waals surface area contributed by atoms with Crippen LogP contribution in [0.5, 0.6) is 5.75 Å². The van der Waals surface area contributed by atoms with Gasteiger partial charge in [0, 0.05) is 42.6 Å². The fourth-order valence-electron chi connectivity index (χ4n) is 4.30. The monoisotopic (exact) mass is 547 g/mol. The summed E-state index contributed by atoms with van der Waals surface area (Å²) < 4.78 is 47.1. The molecule has 38 heavy (non-hydrogen) atoms. The van der Waals surface area contributed by atoms with Crippen LogP contribution in [-0.4, -0.2) is 46.5 Å². The standard InChI is InChI=1S/C27H29ClF3N5O2/c1-3-38-23-14-18(5-4-17(23)2)16-36-12-10-21(11-13-36)34-26-32-15-22(24(35-26)27(29,30)31)25(37)33-20-8-6-19(28)7-9-20/h4-9,14-15,21H,3,10-13,16H2,1-2H3,(H,33,37)(H,32,34,35). The van der Waals surface area contributed by atoms with Crippen LogP contribution in [-0.2, 0) is 12.7 Å². The lowest BCUT2D eigenvalue weighted by Crippen LogP contribution is -2.39. The summed E-state index contributed by atoms with van der Waals surface area (Å²) in [4.78, 5) is 22.6. The fourth-order valence-corrected chi connectivity index (χ4v) is 4.42. The highest BCUT2D eigenvalue weighted by Gasteiger charge is 2.38. The number of nitrogens with one attached hydrogen (secondary N) is 2. The van der Waals surface area contributed by atoms with E-state index in [2.05, 4.69) is 37.6 Å². The van der Waals surface area contributed by atoms with E-state index in [4.69, 9.17) is 16.3 Å². The molecule has 0 bridgehead atoms. The minimum absolute atomic E-state index is 0.0851. The van der Waals surface area contributed by atoms with Gasteiger partial charge < -0.3 is 15.4 Å². The molecule has 2 aromatic carbocycles. The number of hydrogen-bond donors (Lipinski definition) is 2. The molecule has 1 fully saturated rings. The van der Waals surface area contributed by atoms with Crippen molar-refractivity contribution in [2.45, 2.75) is 45.5 Å². The van der Waals surface area contributed by atoms with Gasteiger partial charge in [0.25, 0.3) is 5.91 Å². The topological polar surface area (TPSA) is 79.4 Å². The molecule has 4 rings (SSSR count). The van der Waals surface area contributed by atoms with Crippen LogP contribution in [0.3, 0.4) is 0 Å². The summed E-state index contributed by atoms with van der Waals surface area (Å²) in [6, 6.07) is 12.1. The van der Waals surface area contributed by atoms with E-state index in [0.29, 0.717) is 30.2 Å². The van der Waals surface area contributed by atoms with Crippen LogP contribution in [0.15, 0.2) is 48.7 Å². The van der Waals surface area contributed by atoms with Crippen molar-refractivity contribution < 1.29 is 22.7 Å². The molecule has 1 amide bonds. The van der Waals surface area contributed by atoms with Crippen molar-refractivity contribution in [1.82, 2.24) is 14.9 Å². The normalized spacial score (nSPS) is 14.8. The number of aryl methyl sites for hydroxylation is 1. The third-order valence-electron chi connectivity index (χ3n) is 6.28. The fraction of sp³-hybridized carbons (Fsp3) is 0.370. The van der Waals surface area contributed by atoms with Gasteiger partial charge in [-0.1, -0.05) is 23.7 Å². The number of hydrogen-bond acceptors (Lipinski definition) is 6. The lowest BCUT2D eigenvalue weighted by atomic mass is 10.0. The Kier molecular flexibility index (Phi) is 8.73. The molecule has 0 unspecified atom stereocenters. The Bertz CT molecular complexity index is 1260. The van der Waals surface area contributed by atoms with E-state index in [9.17, 15) is 18.0 Å². The minimum Gasteiger partial charge on any atom is -0.494 e. The largest absolute Gasteiger partial charge is 0.494 e. The number of ether oxygens (including phenoxy) is 1. The highest BCUT2D eigenvalue weighted by atomic mass is 35.5. The van der Waals surface area contributed by atoms with Gasteiger partial charge in [0.1, 0.15) is 5.75 Å². The van der Waals surface area contributed by atoms with Gasteiger partial charge in [-0.15, -0.1) is 0 Å². The van der Waals surface area contributed by atoms with Crippen molar-refractivity contribution in [2.24, 2.45) is 0 Å². The maximum Gasteiger partial charge on any atom is 0.434 e. The predicted octanol–water partition coefficient (Wildman–Crippen LogP) is 6.18. The SMILES string of the molecule is CCOc1cc(CN2CCC(Nc3ncc(C(=O)Nc4ccc(Cl)cc4)c(C(F)(F)F)n3)CC2)ccc1C. The second-order valence-corrected chi connectivity index (χ2v) is 9.58. The van der Waals surface area contributed by atoms with Crippen LogP contribution >= 0.6 is 11.6 Å². The average Bonchev–Trinajstić information content (AvgIpc) is 2.88. The third-order valence-corrected chi connectivity index (χ3v) is 6.54. The van der Waals surface area contributed by atoms with E-state index < -0.39 is 23.3 Å². The summed E-state index contributed by atoms with van der Waals surface area (Å²) in [6.07, 6.45) is -2.49. The summed E-state index contributed by atoms with van der Waals surface area (Å²) in [5, 5.41) is 5.88. The van der Waals surface area contributed by atoms with Crippen LogP contribution in [0.2, 0.25) is 5.02 Å². The number of nitrogens with zero attached hydrogens (tertiary/aromatic N) is 3. The van der Waals surface area contributed by atoms with Crippen molar-refractivity contribution in [3.63, 3.8) is 0 Å². The number of halogens is 4. The van der Waals surface area contributed by atoms with E-state index in [0.717, 1.165) is 42.7 Å². The molecule has 7 nitrogen and oxygen atoms in total. The molecule has 1 aliphatic heterocycles. The zero-order valence-electron chi connectivity index (χ0n) is 21.1. The molecule has 0 radical (unpaired) electrons. The van der Waals surface area contributed by atoms with Crippen LogP contribution in [0, 0.1) is 6.92 Å². The first kappa shape index (κ1) is 27.7. The molecule has 2 heterocycles. The lowest BCUT2D eigenvalue weighted by Gasteiger charge is -2.32. The molecule has 202 valence electrons. The van der Waals surface area contributed by atoms with Crippen LogP contribution in [0.4, 0.5) is 24.8 Å². The molecule has 2 N–H and O–H groups in total. The third kappa shape index (κ3) is 7.14. The van der Waals surface area contributed by atoms with Crippen molar-refractivity contribution in [1.29, 1.82) is 0 Å². The van der Waals surface area contributed by atoms with Gasteiger partial charge in [-0.3, -0.25) is 9.69 Å². The summed E-state index contributed by atoms with van der Waals surface area (Å²) in [7, 11) is 0. The Labute approximate surface area is 224 Å². The van der Waals surface area contributed by atoms with Crippen molar-refractivity contribution in [3.05, 3.63) is 76.1 Å². The number of anilines is 2. The number of carbonyl (C=O) groups is 1. The zero-order valence-corrected chi connectivity index (χ0v) is 21.9. The first-order valence-electron chi connectivity index (χ1n) is 12.3. The molecular formula is C27H29ClF3N5O2. The molecule has 3 aromatic rings. The van der Waals surface area contributed by atoms with Gasteiger partial charge in [-0.05, 0) is 68.1 Å². The number of likely N-dealkylation sites (tertiary alicyclic amines) is 1. The van der Waals surface area contributed by atoms with Crippen molar-refractivity contribution in [2.75, 3.05) is 30.3 Å². The lowest BCUT2D eigenvalue weighted by molar-refractivity contribution is -0.141. The van der Waals surface area contributed by atoms with E-state index in [1.807, 2.05) is 19.9 Å². The molecule has 0 spiro atoms. The molecule has 0 atom stereocenters. The predicted molar refractivity (Wildman–Crippen MR) is 141 cm³/mol. The van der Waals surface area contributed by atoms with E-state index >= 15 is 0 Å². The Morgan fingerprint density at radius 3 is 2.53 bits per heavy atom. The highest BCUT2D eigenvalue weighted by molar-refractivity contribution is 6.30. The number of rotatable bonds is 8. The van der Waals surface area contributed by atoms with Crippen molar-refractivity contribution >= 4 is 29.1 Å². The smallest absolute Gasteiger partial charge is 0.434 e. The number of carbonyl (C=O) groups excluding carboxylic acids is 1. The Morgan fingerprint density at radius 1 is 1.16 bits per heavy atom. The zero-order chi connectivity index (χ0) is 27.3. The molecule has 1 saturated heterocycles. The quantitative estimate of drug-likeness (QED) is 0.350. The van der Waals surface area contributed by atoms with Gasteiger partial charge >= 0.3 is 6.18 Å². The first-order valence-corrected chi connectivity index (χ1v) is 12.7. The van der Waals surface area contributed by atoms with E-state index in [1.165, 1.54) is 24.3 Å². The number of benzene rings is 2. The average molecular weight is 548 g/mol. The summed E-state index contributed by atoms with van der Waals surface area (Å²) in [5.41, 5.74) is 0.600. The van der Waals surface area contributed by atoms with Gasteiger partial charge in [0.15, 0.2) is 5.69 Å². The Balaban J connectivity index is 1.38. The Morgan fingerprint density at radius 2 is 1.87 bits per heavy atom. The molecular weight excluding hydrogens is 519 g/mol. The van der Waals surface area contributed by atoms with E-state index in [1.54, 1.807) is 0 Å². The second-order valence-electron chi connectivity index (χ2n) is 9.14. The minimum atomic E-state index is -4.83.